The maximum Gasteiger partial charge on any atom is 0.316 e. The number of esters is 1. The number of hydrogen-bond acceptors (Lipinski definition) is 2. The van der Waals surface area contributed by atoms with Gasteiger partial charge in [-0.3, -0.25) is 4.79 Å². The van der Waals surface area contributed by atoms with Crippen molar-refractivity contribution in [1.82, 2.24) is 0 Å². The highest BCUT2D eigenvalue weighted by Crippen LogP contribution is 2.35. The van der Waals surface area contributed by atoms with E-state index in [0.717, 1.165) is 6.42 Å². The van der Waals surface area contributed by atoms with Gasteiger partial charge in [0.05, 0.1) is 4.43 Å². The van der Waals surface area contributed by atoms with Gasteiger partial charge in [0.1, 0.15) is 6.10 Å². The number of halogens is 1. The first-order valence-corrected chi connectivity index (χ1v) is 7.32. The first kappa shape index (κ1) is 13.3. The molecule has 2 nitrogen and oxygen atoms in total. The molecule has 1 aliphatic rings. The summed E-state index contributed by atoms with van der Waals surface area (Å²) < 4.78 is 6.00. The molecule has 0 unspecified atom stereocenters. The molecule has 1 fully saturated rings. The molecule has 1 saturated carbocycles. The zero-order valence-corrected chi connectivity index (χ0v) is 12.0. The van der Waals surface area contributed by atoms with Crippen LogP contribution in [0.2, 0.25) is 0 Å². The van der Waals surface area contributed by atoms with E-state index in [1.165, 1.54) is 12.8 Å². The summed E-state index contributed by atoms with van der Waals surface area (Å²) in [6, 6.07) is 0. The topological polar surface area (TPSA) is 26.3 Å². The molecule has 3 heteroatoms. The second kappa shape index (κ2) is 6.06. The molecule has 0 aromatic carbocycles. The maximum atomic E-state index is 11.3. The number of alkyl halides is 1. The van der Waals surface area contributed by atoms with Crippen LogP contribution in [-0.4, -0.2) is 16.5 Å². The lowest BCUT2D eigenvalue weighted by atomic mass is 9.75. The van der Waals surface area contributed by atoms with Crippen LogP contribution in [0.3, 0.4) is 0 Å². The van der Waals surface area contributed by atoms with Gasteiger partial charge in [-0.15, -0.1) is 0 Å². The van der Waals surface area contributed by atoms with Crippen molar-refractivity contribution in [2.75, 3.05) is 4.43 Å². The summed E-state index contributed by atoms with van der Waals surface area (Å²) in [5.74, 6) is 1.82. The van der Waals surface area contributed by atoms with Gasteiger partial charge in [-0.05, 0) is 30.6 Å². The highest BCUT2D eigenvalue weighted by Gasteiger charge is 2.32. The summed E-state index contributed by atoms with van der Waals surface area (Å²) in [6.07, 6.45) is 3.70. The Morgan fingerprint density at radius 2 is 2.13 bits per heavy atom. The Kier molecular flexibility index (Phi) is 5.36. The van der Waals surface area contributed by atoms with Crippen LogP contribution in [0.5, 0.6) is 0 Å². The van der Waals surface area contributed by atoms with Gasteiger partial charge in [0.15, 0.2) is 0 Å². The average Bonchev–Trinajstić information content (AvgIpc) is 2.17. The maximum absolute atomic E-state index is 11.3. The minimum atomic E-state index is -0.0552. The average molecular weight is 324 g/mol. The molecule has 0 N–H and O–H groups in total. The fraction of sp³-hybridized carbons (Fsp3) is 0.917. The fourth-order valence-electron chi connectivity index (χ4n) is 2.45. The predicted octanol–water partition coefficient (Wildman–Crippen LogP) is 3.43. The molecule has 1 aliphatic carbocycles. The molecule has 0 spiro atoms. The van der Waals surface area contributed by atoms with Crippen molar-refractivity contribution in [3.05, 3.63) is 0 Å². The van der Waals surface area contributed by atoms with Crippen molar-refractivity contribution in [3.8, 4) is 0 Å². The van der Waals surface area contributed by atoms with Crippen LogP contribution in [0.15, 0.2) is 0 Å². The van der Waals surface area contributed by atoms with Gasteiger partial charge in [-0.25, -0.2) is 0 Å². The lowest BCUT2D eigenvalue weighted by molar-refractivity contribution is -0.152. The van der Waals surface area contributed by atoms with E-state index in [2.05, 4.69) is 43.4 Å². The Hall–Kier alpha value is 0.200. The lowest BCUT2D eigenvalue weighted by Crippen LogP contribution is -2.36. The SMILES string of the molecule is CC(C)[C@H]1CC[C@@H](C)C[C@@H]1OC(=O)CI. The van der Waals surface area contributed by atoms with Crippen LogP contribution >= 0.6 is 22.6 Å². The normalized spacial score (nSPS) is 31.7. The molecular formula is C12H21IO2. The molecule has 0 bridgehead atoms. The Balaban J connectivity index is 2.57. The van der Waals surface area contributed by atoms with E-state index in [1.54, 1.807) is 0 Å². The second-order valence-electron chi connectivity index (χ2n) is 4.99. The van der Waals surface area contributed by atoms with Crippen molar-refractivity contribution < 1.29 is 9.53 Å². The van der Waals surface area contributed by atoms with Gasteiger partial charge in [0, 0.05) is 0 Å². The molecule has 15 heavy (non-hydrogen) atoms. The van der Waals surface area contributed by atoms with Gasteiger partial charge in [-0.2, -0.15) is 0 Å². The van der Waals surface area contributed by atoms with Gasteiger partial charge >= 0.3 is 5.97 Å². The van der Waals surface area contributed by atoms with Gasteiger partial charge in [-0.1, -0.05) is 49.8 Å². The van der Waals surface area contributed by atoms with E-state index in [0.29, 0.717) is 22.2 Å². The summed E-state index contributed by atoms with van der Waals surface area (Å²) in [7, 11) is 0. The van der Waals surface area contributed by atoms with Crippen molar-refractivity contribution >= 4 is 28.6 Å². The van der Waals surface area contributed by atoms with E-state index < -0.39 is 0 Å². The Morgan fingerprint density at radius 1 is 1.47 bits per heavy atom. The third-order valence-electron chi connectivity index (χ3n) is 3.35. The molecule has 88 valence electrons. The van der Waals surface area contributed by atoms with Gasteiger partial charge in [0.25, 0.3) is 0 Å². The number of carbonyl (C=O) groups is 1. The largest absolute Gasteiger partial charge is 0.461 e. The zero-order valence-electron chi connectivity index (χ0n) is 9.83. The predicted molar refractivity (Wildman–Crippen MR) is 70.1 cm³/mol. The van der Waals surface area contributed by atoms with Crippen molar-refractivity contribution in [3.63, 3.8) is 0 Å². The molecule has 0 heterocycles. The first-order valence-electron chi connectivity index (χ1n) is 5.80. The monoisotopic (exact) mass is 324 g/mol. The summed E-state index contributed by atoms with van der Waals surface area (Å²) in [6.45, 7) is 6.71. The van der Waals surface area contributed by atoms with Crippen LogP contribution in [0.1, 0.15) is 40.0 Å². The zero-order chi connectivity index (χ0) is 11.4. The molecule has 0 aromatic heterocycles. The molecule has 0 radical (unpaired) electrons. The van der Waals surface area contributed by atoms with E-state index in [-0.39, 0.29) is 12.1 Å². The molecule has 0 amide bonds. The van der Waals surface area contributed by atoms with E-state index in [1.807, 2.05) is 0 Å². The Morgan fingerprint density at radius 3 is 2.67 bits per heavy atom. The number of ether oxygens (including phenoxy) is 1. The van der Waals surface area contributed by atoms with E-state index >= 15 is 0 Å². The molecule has 1 rings (SSSR count). The van der Waals surface area contributed by atoms with Crippen LogP contribution in [-0.2, 0) is 9.53 Å². The van der Waals surface area contributed by atoms with Crippen LogP contribution < -0.4 is 0 Å². The third-order valence-corrected chi connectivity index (χ3v) is 3.98. The Labute approximate surface area is 106 Å². The molecule has 0 saturated heterocycles. The van der Waals surface area contributed by atoms with Crippen molar-refractivity contribution in [1.29, 1.82) is 0 Å². The second-order valence-corrected chi connectivity index (χ2v) is 5.75. The highest BCUT2D eigenvalue weighted by molar-refractivity contribution is 14.1. The quantitative estimate of drug-likeness (QED) is 0.452. The minimum Gasteiger partial charge on any atom is -0.461 e. The fourth-order valence-corrected chi connectivity index (χ4v) is 2.63. The number of rotatable bonds is 3. The van der Waals surface area contributed by atoms with Gasteiger partial charge in [0.2, 0.25) is 0 Å². The number of hydrogen-bond donors (Lipinski definition) is 0. The van der Waals surface area contributed by atoms with Crippen LogP contribution in [0, 0.1) is 17.8 Å². The van der Waals surface area contributed by atoms with E-state index in [9.17, 15) is 4.79 Å². The third kappa shape index (κ3) is 3.93. The summed E-state index contributed by atoms with van der Waals surface area (Å²) in [5, 5.41) is 0. The lowest BCUT2D eigenvalue weighted by Gasteiger charge is -2.36. The van der Waals surface area contributed by atoms with Crippen LogP contribution in [0.4, 0.5) is 0 Å². The number of carbonyl (C=O) groups excluding carboxylic acids is 1. The summed E-state index contributed by atoms with van der Waals surface area (Å²) in [4.78, 5) is 11.3. The van der Waals surface area contributed by atoms with Crippen molar-refractivity contribution in [2.45, 2.75) is 46.1 Å². The summed E-state index contributed by atoms with van der Waals surface area (Å²) >= 11 is 2.06. The smallest absolute Gasteiger partial charge is 0.316 e. The van der Waals surface area contributed by atoms with Gasteiger partial charge < -0.3 is 4.74 Å². The summed E-state index contributed by atoms with van der Waals surface area (Å²) in [5.41, 5.74) is 0. The first-order chi connectivity index (χ1) is 7.04. The van der Waals surface area contributed by atoms with Crippen molar-refractivity contribution in [2.24, 2.45) is 17.8 Å². The molecule has 3 atom stereocenters. The minimum absolute atomic E-state index is 0.0552. The van der Waals surface area contributed by atoms with Crippen LogP contribution in [0.25, 0.3) is 0 Å². The molecule has 0 aliphatic heterocycles. The molecule has 0 aromatic rings. The standard InChI is InChI=1S/C12H21IO2/c1-8(2)10-5-4-9(3)6-11(10)15-12(14)7-13/h8-11H,4-7H2,1-3H3/t9-,10-,11+/m1/s1. The van der Waals surface area contributed by atoms with E-state index in [4.69, 9.17) is 4.74 Å². The highest BCUT2D eigenvalue weighted by atomic mass is 127. The molecular weight excluding hydrogens is 303 g/mol. The Bertz CT molecular complexity index is 216.